The predicted molar refractivity (Wildman–Crippen MR) is 135 cm³/mol. The molecule has 0 radical (unpaired) electrons. The van der Waals surface area contributed by atoms with Crippen LogP contribution in [-0.4, -0.2) is 50.2 Å². The molecule has 9 nitrogen and oxygen atoms in total. The molecule has 1 aliphatic heterocycles. The topological polar surface area (TPSA) is 126 Å². The highest BCUT2D eigenvalue weighted by atomic mass is 19.1. The average molecular weight is 488 g/mol. The molecule has 2 aromatic heterocycles. The molecule has 0 unspecified atom stereocenters. The zero-order valence-corrected chi connectivity index (χ0v) is 19.9. The van der Waals surface area contributed by atoms with E-state index in [1.165, 1.54) is 16.7 Å². The van der Waals surface area contributed by atoms with Gasteiger partial charge in [0.1, 0.15) is 11.9 Å². The molecule has 0 spiro atoms. The summed E-state index contributed by atoms with van der Waals surface area (Å²) in [6.07, 6.45) is 3.37. The first-order chi connectivity index (χ1) is 17.4. The number of hydrogen-bond acceptors (Lipinski definition) is 7. The number of aromatic nitrogens is 4. The Morgan fingerprint density at radius 3 is 2.64 bits per heavy atom. The summed E-state index contributed by atoms with van der Waals surface area (Å²) in [4.78, 5) is 20.7. The SMILES string of the molecule is Cn1c(N2CCC(N)CC2)nc(-c2ccc(C#N)c(F)c2)c(-c2ccc3nn(CCO)cc3c2)c1=O. The van der Waals surface area contributed by atoms with E-state index in [1.54, 1.807) is 36.1 Å². The Bertz CT molecular complexity index is 1540. The van der Waals surface area contributed by atoms with Crippen LogP contribution in [0.2, 0.25) is 0 Å². The number of nitriles is 1. The van der Waals surface area contributed by atoms with Gasteiger partial charge in [-0.3, -0.25) is 14.0 Å². The zero-order valence-electron chi connectivity index (χ0n) is 19.9. The number of rotatable bonds is 5. The van der Waals surface area contributed by atoms with Gasteiger partial charge in [-0.1, -0.05) is 12.1 Å². The molecule has 0 aliphatic carbocycles. The van der Waals surface area contributed by atoms with Crippen LogP contribution < -0.4 is 16.2 Å². The molecule has 5 rings (SSSR count). The summed E-state index contributed by atoms with van der Waals surface area (Å²) in [6.45, 7) is 1.65. The summed E-state index contributed by atoms with van der Waals surface area (Å²) >= 11 is 0. The van der Waals surface area contributed by atoms with Crippen LogP contribution in [0.5, 0.6) is 0 Å². The third kappa shape index (κ3) is 4.23. The number of aliphatic hydroxyl groups excluding tert-OH is 1. The van der Waals surface area contributed by atoms with Crippen molar-refractivity contribution in [3.8, 4) is 28.5 Å². The van der Waals surface area contributed by atoms with Crippen molar-refractivity contribution in [1.29, 1.82) is 5.26 Å². The molecule has 0 saturated carbocycles. The van der Waals surface area contributed by atoms with Gasteiger partial charge in [-0.05, 0) is 42.7 Å². The molecular formula is C26H26FN7O2. The van der Waals surface area contributed by atoms with Crippen LogP contribution in [0.3, 0.4) is 0 Å². The molecule has 1 aliphatic rings. The van der Waals surface area contributed by atoms with E-state index in [0.29, 0.717) is 48.0 Å². The summed E-state index contributed by atoms with van der Waals surface area (Å²) in [6, 6.07) is 11.6. The van der Waals surface area contributed by atoms with E-state index in [4.69, 9.17) is 10.7 Å². The van der Waals surface area contributed by atoms with Crippen LogP contribution >= 0.6 is 0 Å². The van der Waals surface area contributed by atoms with E-state index >= 15 is 0 Å². The first-order valence-electron chi connectivity index (χ1n) is 11.8. The molecule has 3 N–H and O–H groups in total. The highest BCUT2D eigenvalue weighted by Crippen LogP contribution is 2.32. The van der Waals surface area contributed by atoms with Gasteiger partial charge in [-0.15, -0.1) is 0 Å². The molecule has 4 aromatic rings. The quantitative estimate of drug-likeness (QED) is 0.443. The molecule has 184 valence electrons. The second-order valence-corrected chi connectivity index (χ2v) is 9.02. The number of anilines is 1. The molecule has 2 aromatic carbocycles. The Labute approximate surface area is 206 Å². The molecule has 1 saturated heterocycles. The minimum atomic E-state index is -0.672. The van der Waals surface area contributed by atoms with E-state index in [2.05, 4.69) is 5.10 Å². The van der Waals surface area contributed by atoms with E-state index < -0.39 is 5.82 Å². The number of aliphatic hydroxyl groups is 1. The van der Waals surface area contributed by atoms with Crippen molar-refractivity contribution >= 4 is 16.9 Å². The first-order valence-corrected chi connectivity index (χ1v) is 11.8. The molecule has 0 bridgehead atoms. The number of fused-ring (bicyclic) bond motifs is 1. The van der Waals surface area contributed by atoms with Crippen molar-refractivity contribution in [2.45, 2.75) is 25.4 Å². The largest absolute Gasteiger partial charge is 0.394 e. The van der Waals surface area contributed by atoms with Crippen LogP contribution in [0, 0.1) is 17.1 Å². The van der Waals surface area contributed by atoms with E-state index in [-0.39, 0.29) is 23.8 Å². The molecule has 0 amide bonds. The summed E-state index contributed by atoms with van der Waals surface area (Å²) in [5.41, 5.74) is 8.15. The fourth-order valence-corrected chi connectivity index (χ4v) is 4.64. The van der Waals surface area contributed by atoms with Crippen LogP contribution in [0.4, 0.5) is 10.3 Å². The lowest BCUT2D eigenvalue weighted by atomic mass is 9.98. The molecule has 36 heavy (non-hydrogen) atoms. The normalized spacial score (nSPS) is 14.4. The van der Waals surface area contributed by atoms with Crippen molar-refractivity contribution in [3.05, 3.63) is 64.3 Å². The summed E-state index contributed by atoms with van der Waals surface area (Å²) in [5, 5.41) is 23.6. The van der Waals surface area contributed by atoms with Crippen LogP contribution in [0.25, 0.3) is 33.3 Å². The maximum absolute atomic E-state index is 14.6. The standard InChI is InChI=1S/C26H26FN7O2/c1-32-25(36)23(16-4-5-22-19(12-16)15-34(31-22)10-11-35)24(17-2-3-18(14-28)21(27)13-17)30-26(32)33-8-6-20(29)7-9-33/h2-5,12-13,15,20,35H,6-11,29H2,1H3. The lowest BCUT2D eigenvalue weighted by molar-refractivity contribution is 0.270. The maximum atomic E-state index is 14.6. The van der Waals surface area contributed by atoms with Gasteiger partial charge in [0.2, 0.25) is 5.95 Å². The average Bonchev–Trinajstić information content (AvgIpc) is 3.28. The molecule has 0 atom stereocenters. The Balaban J connectivity index is 1.72. The summed E-state index contributed by atoms with van der Waals surface area (Å²) in [7, 11) is 1.68. The first kappa shape index (κ1) is 23.7. The van der Waals surface area contributed by atoms with E-state index in [1.807, 2.05) is 17.0 Å². The lowest BCUT2D eigenvalue weighted by Crippen LogP contribution is -2.42. The number of nitrogens with zero attached hydrogens (tertiary/aromatic N) is 6. The van der Waals surface area contributed by atoms with E-state index in [0.717, 1.165) is 23.7 Å². The van der Waals surface area contributed by atoms with Crippen LogP contribution in [0.15, 0.2) is 47.4 Å². The fourth-order valence-electron chi connectivity index (χ4n) is 4.64. The van der Waals surface area contributed by atoms with Crippen molar-refractivity contribution < 1.29 is 9.50 Å². The number of halogens is 1. The third-order valence-corrected chi connectivity index (χ3v) is 6.62. The summed E-state index contributed by atoms with van der Waals surface area (Å²) < 4.78 is 17.8. The minimum Gasteiger partial charge on any atom is -0.394 e. The number of piperidine rings is 1. The number of hydrogen-bond donors (Lipinski definition) is 2. The maximum Gasteiger partial charge on any atom is 0.263 e. The van der Waals surface area contributed by atoms with Gasteiger partial charge >= 0.3 is 0 Å². The van der Waals surface area contributed by atoms with Crippen molar-refractivity contribution in [1.82, 2.24) is 19.3 Å². The van der Waals surface area contributed by atoms with Gasteiger partial charge in [0.15, 0.2) is 0 Å². The Hall–Kier alpha value is -4.07. The zero-order chi connectivity index (χ0) is 25.4. The third-order valence-electron chi connectivity index (χ3n) is 6.62. The highest BCUT2D eigenvalue weighted by Gasteiger charge is 2.24. The molecular weight excluding hydrogens is 461 g/mol. The molecule has 3 heterocycles. The van der Waals surface area contributed by atoms with Gasteiger partial charge in [0.05, 0.1) is 35.5 Å². The number of benzene rings is 2. The van der Waals surface area contributed by atoms with Crippen molar-refractivity contribution in [2.75, 3.05) is 24.6 Å². The Kier molecular flexibility index (Phi) is 6.26. The van der Waals surface area contributed by atoms with Gasteiger partial charge < -0.3 is 15.7 Å². The van der Waals surface area contributed by atoms with Crippen molar-refractivity contribution in [3.63, 3.8) is 0 Å². The lowest BCUT2D eigenvalue weighted by Gasteiger charge is -2.32. The number of nitrogens with two attached hydrogens (primary N) is 1. The summed E-state index contributed by atoms with van der Waals surface area (Å²) in [5.74, 6) is -0.179. The van der Waals surface area contributed by atoms with Crippen LogP contribution in [-0.2, 0) is 13.6 Å². The highest BCUT2D eigenvalue weighted by molar-refractivity contribution is 5.88. The Morgan fingerprint density at radius 2 is 1.94 bits per heavy atom. The monoisotopic (exact) mass is 487 g/mol. The van der Waals surface area contributed by atoms with Gasteiger partial charge in [0.25, 0.3) is 5.56 Å². The second-order valence-electron chi connectivity index (χ2n) is 9.02. The second kappa shape index (κ2) is 9.53. The molecule has 1 fully saturated rings. The van der Waals surface area contributed by atoms with Crippen LogP contribution in [0.1, 0.15) is 18.4 Å². The Morgan fingerprint density at radius 1 is 1.19 bits per heavy atom. The van der Waals surface area contributed by atoms with E-state index in [9.17, 15) is 19.6 Å². The van der Waals surface area contributed by atoms with Gasteiger partial charge in [-0.2, -0.15) is 10.4 Å². The van der Waals surface area contributed by atoms with Gasteiger partial charge in [-0.25, -0.2) is 9.37 Å². The minimum absolute atomic E-state index is 0.0391. The fraction of sp³-hybridized carbons (Fsp3) is 0.308. The molecule has 10 heteroatoms. The predicted octanol–water partition coefficient (Wildman–Crippen LogP) is 2.39. The van der Waals surface area contributed by atoms with Gasteiger partial charge in [0, 0.05) is 43.3 Å². The smallest absolute Gasteiger partial charge is 0.263 e. The van der Waals surface area contributed by atoms with Crippen molar-refractivity contribution in [2.24, 2.45) is 12.8 Å².